The fourth-order valence-corrected chi connectivity index (χ4v) is 4.35. The number of hydrogen-bond acceptors (Lipinski definition) is 8. The van der Waals surface area contributed by atoms with Crippen LogP contribution in [-0.2, 0) is 16.1 Å². The third kappa shape index (κ3) is 4.83. The average Bonchev–Trinajstić information content (AvgIpc) is 3.25. The van der Waals surface area contributed by atoms with Crippen LogP contribution in [-0.4, -0.2) is 67.2 Å². The van der Waals surface area contributed by atoms with E-state index in [0.29, 0.717) is 41.5 Å². The molecule has 2 atom stereocenters. The maximum atomic E-state index is 12.5. The summed E-state index contributed by atoms with van der Waals surface area (Å²) in [6, 6.07) is 13.7. The number of rotatable bonds is 8. The number of aromatic nitrogens is 1. The predicted octanol–water partition coefficient (Wildman–Crippen LogP) is 1.32. The largest absolute Gasteiger partial charge is 0.497 e. The van der Waals surface area contributed by atoms with E-state index in [2.05, 4.69) is 10.6 Å². The smallest absolute Gasteiger partial charge is 0.414 e. The third-order valence-corrected chi connectivity index (χ3v) is 6.13. The van der Waals surface area contributed by atoms with E-state index in [9.17, 15) is 19.5 Å². The van der Waals surface area contributed by atoms with Gasteiger partial charge in [-0.1, -0.05) is 0 Å². The van der Waals surface area contributed by atoms with Crippen LogP contribution in [0.25, 0.3) is 10.9 Å². The number of nitrogens with one attached hydrogen (secondary N) is 2. The van der Waals surface area contributed by atoms with Crippen LogP contribution in [0.15, 0.2) is 53.3 Å². The topological polar surface area (TPSA) is 131 Å². The zero-order valence-corrected chi connectivity index (χ0v) is 19.6. The van der Waals surface area contributed by atoms with Gasteiger partial charge in [-0.25, -0.2) is 4.79 Å². The molecule has 36 heavy (non-hydrogen) atoms. The lowest BCUT2D eigenvalue weighted by molar-refractivity contribution is -0.118. The standard InChI is InChI=1S/C25H26N4O7/c1-34-18-5-2-15-3-7-24(32)29(21(15)9-18)12-17(30)10-26-11-19-13-28(25(33)36-19)16-4-6-22-20(8-16)27-23(31)14-35-22/h2-9,17,19,26,30H,10-14H2,1H3,(H,27,31)/t17-,19-/m1/s1. The van der Waals surface area contributed by atoms with Crippen molar-refractivity contribution in [2.45, 2.75) is 18.8 Å². The summed E-state index contributed by atoms with van der Waals surface area (Å²) in [6.45, 7) is 0.875. The number of aliphatic hydroxyl groups excluding tert-OH is 1. The molecule has 2 aliphatic heterocycles. The molecule has 188 valence electrons. The Morgan fingerprint density at radius 2 is 2.00 bits per heavy atom. The lowest BCUT2D eigenvalue weighted by Crippen LogP contribution is -2.38. The van der Waals surface area contributed by atoms with Gasteiger partial charge in [0.1, 0.15) is 17.6 Å². The molecule has 0 saturated carbocycles. The number of hydrogen-bond donors (Lipinski definition) is 3. The molecular formula is C25H26N4O7. The number of fused-ring (bicyclic) bond motifs is 2. The zero-order valence-electron chi connectivity index (χ0n) is 19.6. The highest BCUT2D eigenvalue weighted by Gasteiger charge is 2.33. The van der Waals surface area contributed by atoms with Gasteiger partial charge >= 0.3 is 6.09 Å². The normalized spacial score (nSPS) is 17.8. The molecule has 0 radical (unpaired) electrons. The van der Waals surface area contributed by atoms with Crippen LogP contribution in [0.3, 0.4) is 0 Å². The van der Waals surface area contributed by atoms with E-state index in [1.54, 1.807) is 37.4 Å². The summed E-state index contributed by atoms with van der Waals surface area (Å²) < 4.78 is 17.6. The van der Waals surface area contributed by atoms with E-state index in [1.807, 2.05) is 12.1 Å². The van der Waals surface area contributed by atoms with Crippen LogP contribution >= 0.6 is 0 Å². The molecule has 2 aliphatic rings. The van der Waals surface area contributed by atoms with E-state index >= 15 is 0 Å². The zero-order chi connectivity index (χ0) is 25.2. The van der Waals surface area contributed by atoms with E-state index in [-0.39, 0.29) is 31.2 Å². The molecule has 0 spiro atoms. The number of methoxy groups -OCH3 is 1. The van der Waals surface area contributed by atoms with Gasteiger partial charge in [0.2, 0.25) is 0 Å². The second kappa shape index (κ2) is 9.88. The first-order valence-corrected chi connectivity index (χ1v) is 11.5. The fourth-order valence-electron chi connectivity index (χ4n) is 4.35. The molecule has 11 nitrogen and oxygen atoms in total. The summed E-state index contributed by atoms with van der Waals surface area (Å²) in [7, 11) is 1.56. The van der Waals surface area contributed by atoms with Gasteiger partial charge in [0.05, 0.1) is 37.5 Å². The Bertz CT molecular complexity index is 1370. The van der Waals surface area contributed by atoms with Crippen molar-refractivity contribution in [3.8, 4) is 11.5 Å². The second-order valence-corrected chi connectivity index (χ2v) is 8.65. The minimum absolute atomic E-state index is 0.0407. The number of amides is 2. The first-order valence-electron chi connectivity index (χ1n) is 11.5. The number of aliphatic hydroxyl groups is 1. The van der Waals surface area contributed by atoms with E-state index in [1.165, 1.54) is 15.5 Å². The summed E-state index contributed by atoms with van der Waals surface area (Å²) in [5.74, 6) is 0.909. The first-order chi connectivity index (χ1) is 17.4. The Balaban J connectivity index is 1.17. The number of cyclic esters (lactones) is 1. The monoisotopic (exact) mass is 494 g/mol. The van der Waals surface area contributed by atoms with Gasteiger partial charge in [0.15, 0.2) is 6.61 Å². The minimum Gasteiger partial charge on any atom is -0.497 e. The van der Waals surface area contributed by atoms with Gasteiger partial charge in [-0.3, -0.25) is 14.5 Å². The van der Waals surface area contributed by atoms with Gasteiger partial charge < -0.3 is 34.5 Å². The molecular weight excluding hydrogens is 468 g/mol. The summed E-state index contributed by atoms with van der Waals surface area (Å²) in [5, 5.41) is 17.3. The number of anilines is 2. The molecule has 5 rings (SSSR count). The molecule has 1 aromatic heterocycles. The molecule has 0 bridgehead atoms. The number of carbonyl (C=O) groups excluding carboxylic acids is 2. The highest BCUT2D eigenvalue weighted by atomic mass is 16.6. The van der Waals surface area contributed by atoms with Crippen molar-refractivity contribution in [1.82, 2.24) is 9.88 Å². The fraction of sp³-hybridized carbons (Fsp3) is 0.320. The molecule has 1 fully saturated rings. The van der Waals surface area contributed by atoms with Crippen LogP contribution in [0.2, 0.25) is 0 Å². The number of pyridine rings is 1. The van der Waals surface area contributed by atoms with Crippen molar-refractivity contribution < 1.29 is 28.9 Å². The number of ether oxygens (including phenoxy) is 3. The number of carbonyl (C=O) groups is 2. The van der Waals surface area contributed by atoms with Gasteiger partial charge in [0.25, 0.3) is 11.5 Å². The van der Waals surface area contributed by atoms with Crippen molar-refractivity contribution in [1.29, 1.82) is 0 Å². The molecule has 0 aliphatic carbocycles. The minimum atomic E-state index is -0.850. The number of nitrogens with zero attached hydrogens (tertiary/aromatic N) is 2. The quantitative estimate of drug-likeness (QED) is 0.427. The molecule has 1 saturated heterocycles. The lowest BCUT2D eigenvalue weighted by Gasteiger charge is -2.20. The Hall–Kier alpha value is -4.09. The highest BCUT2D eigenvalue weighted by Crippen LogP contribution is 2.33. The van der Waals surface area contributed by atoms with Crippen molar-refractivity contribution >= 4 is 34.3 Å². The van der Waals surface area contributed by atoms with Gasteiger partial charge in [-0.15, -0.1) is 0 Å². The van der Waals surface area contributed by atoms with Crippen LogP contribution in [0, 0.1) is 0 Å². The highest BCUT2D eigenvalue weighted by molar-refractivity contribution is 5.97. The van der Waals surface area contributed by atoms with Crippen molar-refractivity contribution in [3.63, 3.8) is 0 Å². The Morgan fingerprint density at radius 1 is 1.17 bits per heavy atom. The van der Waals surface area contributed by atoms with E-state index in [0.717, 1.165) is 5.39 Å². The van der Waals surface area contributed by atoms with Crippen LogP contribution in [0.5, 0.6) is 11.5 Å². The first kappa shape index (κ1) is 23.6. The van der Waals surface area contributed by atoms with Crippen LogP contribution in [0.4, 0.5) is 16.2 Å². The maximum absolute atomic E-state index is 12.5. The molecule has 2 amide bonds. The lowest BCUT2D eigenvalue weighted by atomic mass is 10.2. The summed E-state index contributed by atoms with van der Waals surface area (Å²) in [6.07, 6.45) is -1.78. The molecule has 11 heteroatoms. The van der Waals surface area contributed by atoms with Crippen LogP contribution < -0.4 is 30.6 Å². The third-order valence-electron chi connectivity index (χ3n) is 6.13. The molecule has 2 aromatic carbocycles. The average molecular weight is 495 g/mol. The Labute approximate surface area is 206 Å². The second-order valence-electron chi connectivity index (χ2n) is 8.65. The summed E-state index contributed by atoms with van der Waals surface area (Å²) in [4.78, 5) is 38.0. The Kier molecular flexibility index (Phi) is 6.49. The SMILES string of the molecule is COc1ccc2ccc(=O)n(C[C@H](O)CNC[C@@H]3CN(c4ccc5c(c4)NC(=O)CO5)C(=O)O3)c2c1. The summed E-state index contributed by atoms with van der Waals surface area (Å²) >= 11 is 0. The van der Waals surface area contributed by atoms with Crippen molar-refractivity contribution in [2.24, 2.45) is 0 Å². The van der Waals surface area contributed by atoms with Crippen molar-refractivity contribution in [2.75, 3.05) is 43.6 Å². The maximum Gasteiger partial charge on any atom is 0.414 e. The van der Waals surface area contributed by atoms with E-state index < -0.39 is 18.3 Å². The van der Waals surface area contributed by atoms with Crippen molar-refractivity contribution in [3.05, 3.63) is 58.9 Å². The van der Waals surface area contributed by atoms with Crippen LogP contribution in [0.1, 0.15) is 0 Å². The molecule has 3 aromatic rings. The molecule has 3 heterocycles. The predicted molar refractivity (Wildman–Crippen MR) is 132 cm³/mol. The summed E-state index contributed by atoms with van der Waals surface area (Å²) in [5.41, 5.74) is 1.54. The van der Waals surface area contributed by atoms with Gasteiger partial charge in [0, 0.05) is 30.9 Å². The van der Waals surface area contributed by atoms with Gasteiger partial charge in [-0.05, 0) is 41.8 Å². The van der Waals surface area contributed by atoms with E-state index in [4.69, 9.17) is 14.2 Å². The molecule has 3 N–H and O–H groups in total. The van der Waals surface area contributed by atoms with Gasteiger partial charge in [-0.2, -0.15) is 0 Å². The molecule has 0 unspecified atom stereocenters. The Morgan fingerprint density at radius 3 is 2.83 bits per heavy atom. The number of benzene rings is 2.